The average molecular weight is 257 g/mol. The number of hydrogen-bond acceptors (Lipinski definition) is 3. The zero-order chi connectivity index (χ0) is 12.4. The lowest BCUT2D eigenvalue weighted by Crippen LogP contribution is -1.98. The van der Waals surface area contributed by atoms with Gasteiger partial charge in [0.2, 0.25) is 0 Å². The Hall–Kier alpha value is -1.52. The summed E-state index contributed by atoms with van der Waals surface area (Å²) in [6.45, 7) is 0.0693. The van der Waals surface area contributed by atoms with Crippen LogP contribution in [0.4, 0.5) is 4.39 Å². The van der Waals surface area contributed by atoms with Crippen LogP contribution in [0.3, 0.4) is 0 Å². The van der Waals surface area contributed by atoms with E-state index in [2.05, 4.69) is 0 Å². The molecule has 0 amide bonds. The fraction of sp³-hybridized carbons (Fsp3) is 0.167. The van der Waals surface area contributed by atoms with Crippen molar-refractivity contribution in [1.82, 2.24) is 0 Å². The summed E-state index contributed by atoms with van der Waals surface area (Å²) >= 11 is 5.79. The first-order valence-electron chi connectivity index (χ1n) is 4.86. The van der Waals surface area contributed by atoms with Gasteiger partial charge in [-0.25, -0.2) is 4.39 Å². The molecule has 0 aliphatic heterocycles. The number of phenols is 1. The van der Waals surface area contributed by atoms with E-state index >= 15 is 0 Å². The lowest BCUT2D eigenvalue weighted by molar-refractivity contribution is 0.0511. The minimum atomic E-state index is -0.569. The predicted octanol–water partition coefficient (Wildman–Crippen LogP) is 3.32. The van der Waals surface area contributed by atoms with E-state index in [9.17, 15) is 9.50 Å². The van der Waals surface area contributed by atoms with E-state index in [4.69, 9.17) is 21.1 Å². The monoisotopic (exact) mass is 256 g/mol. The quantitative estimate of drug-likeness (QED) is 0.856. The number of phenolic OH excluding ortho intramolecular Hbond substituents is 1. The van der Waals surface area contributed by atoms with Gasteiger partial charge in [0.25, 0.3) is 0 Å². The first-order chi connectivity index (χ1) is 8.13. The van der Waals surface area contributed by atoms with Crippen molar-refractivity contribution in [2.45, 2.75) is 0 Å². The molecule has 0 atom stereocenters. The first kappa shape index (κ1) is 12.0. The molecule has 0 bridgehead atoms. The standard InChI is InChI=1S/C12H10ClFO3/c1-16-6-17-8-4-7-2-3-9(14)12(13)11(7)10(15)5-8/h2-5,15H,6H2,1H3. The zero-order valence-corrected chi connectivity index (χ0v) is 9.79. The number of ether oxygens (including phenoxy) is 2. The van der Waals surface area contributed by atoms with Crippen molar-refractivity contribution < 1.29 is 19.0 Å². The summed E-state index contributed by atoms with van der Waals surface area (Å²) in [5.41, 5.74) is 0. The highest BCUT2D eigenvalue weighted by atomic mass is 35.5. The van der Waals surface area contributed by atoms with Crippen molar-refractivity contribution >= 4 is 22.4 Å². The van der Waals surface area contributed by atoms with Crippen LogP contribution < -0.4 is 4.74 Å². The molecule has 0 aromatic heterocycles. The van der Waals surface area contributed by atoms with E-state index in [-0.39, 0.29) is 23.0 Å². The lowest BCUT2D eigenvalue weighted by atomic mass is 10.1. The third-order valence-corrected chi connectivity index (χ3v) is 2.67. The van der Waals surface area contributed by atoms with Crippen LogP contribution in [0.15, 0.2) is 24.3 Å². The Morgan fingerprint density at radius 2 is 2.12 bits per heavy atom. The normalized spacial score (nSPS) is 10.8. The first-order valence-corrected chi connectivity index (χ1v) is 5.23. The fourth-order valence-electron chi connectivity index (χ4n) is 1.56. The van der Waals surface area contributed by atoms with Crippen molar-refractivity contribution in [1.29, 1.82) is 0 Å². The number of methoxy groups -OCH3 is 1. The summed E-state index contributed by atoms with van der Waals surface area (Å²) in [7, 11) is 1.49. The number of halogens is 2. The van der Waals surface area contributed by atoms with E-state index in [0.717, 1.165) is 0 Å². The van der Waals surface area contributed by atoms with E-state index in [1.165, 1.54) is 25.3 Å². The van der Waals surface area contributed by atoms with E-state index in [0.29, 0.717) is 11.1 Å². The average Bonchev–Trinajstić information content (AvgIpc) is 2.31. The zero-order valence-electron chi connectivity index (χ0n) is 9.04. The Kier molecular flexibility index (Phi) is 3.36. The Labute approximate surface area is 102 Å². The Balaban J connectivity index is 2.56. The molecule has 1 N–H and O–H groups in total. The highest BCUT2D eigenvalue weighted by Gasteiger charge is 2.11. The summed E-state index contributed by atoms with van der Waals surface area (Å²) in [5.74, 6) is -0.266. The smallest absolute Gasteiger partial charge is 0.188 e. The molecule has 17 heavy (non-hydrogen) atoms. The second-order valence-corrected chi connectivity index (χ2v) is 3.83. The van der Waals surface area contributed by atoms with Crippen LogP contribution in [0.1, 0.15) is 0 Å². The molecule has 5 heteroatoms. The maximum atomic E-state index is 13.2. The summed E-state index contributed by atoms with van der Waals surface area (Å²) < 4.78 is 23.2. The molecule has 0 fully saturated rings. The van der Waals surface area contributed by atoms with Gasteiger partial charge < -0.3 is 14.6 Å². The van der Waals surface area contributed by atoms with Crippen molar-refractivity contribution in [2.24, 2.45) is 0 Å². The van der Waals surface area contributed by atoms with Gasteiger partial charge in [0, 0.05) is 18.6 Å². The Morgan fingerprint density at radius 3 is 2.82 bits per heavy atom. The molecule has 0 saturated carbocycles. The molecule has 2 rings (SSSR count). The Bertz CT molecular complexity index is 557. The largest absolute Gasteiger partial charge is 0.507 e. The van der Waals surface area contributed by atoms with Crippen LogP contribution in [0, 0.1) is 5.82 Å². The minimum absolute atomic E-state index is 0.0693. The van der Waals surface area contributed by atoms with Gasteiger partial charge in [0.15, 0.2) is 6.79 Å². The third kappa shape index (κ3) is 2.28. The molecule has 2 aromatic carbocycles. The highest BCUT2D eigenvalue weighted by Crippen LogP contribution is 2.36. The van der Waals surface area contributed by atoms with Crippen molar-refractivity contribution in [3.8, 4) is 11.5 Å². The SMILES string of the molecule is COCOc1cc(O)c2c(Cl)c(F)ccc2c1. The number of fused-ring (bicyclic) bond motifs is 1. The summed E-state index contributed by atoms with van der Waals surface area (Å²) in [5, 5.41) is 10.6. The second-order valence-electron chi connectivity index (χ2n) is 3.45. The van der Waals surface area contributed by atoms with E-state index in [1.54, 1.807) is 6.07 Å². The molecule has 90 valence electrons. The van der Waals surface area contributed by atoms with Gasteiger partial charge in [0.1, 0.15) is 17.3 Å². The summed E-state index contributed by atoms with van der Waals surface area (Å²) in [4.78, 5) is 0. The van der Waals surface area contributed by atoms with E-state index < -0.39 is 5.82 Å². The van der Waals surface area contributed by atoms with Crippen LogP contribution in [0.2, 0.25) is 5.02 Å². The van der Waals surface area contributed by atoms with Gasteiger partial charge in [-0.1, -0.05) is 17.7 Å². The lowest BCUT2D eigenvalue weighted by Gasteiger charge is -2.09. The topological polar surface area (TPSA) is 38.7 Å². The molecular formula is C12H10ClFO3. The maximum Gasteiger partial charge on any atom is 0.188 e. The van der Waals surface area contributed by atoms with Gasteiger partial charge >= 0.3 is 0 Å². The molecule has 0 unspecified atom stereocenters. The second kappa shape index (κ2) is 4.77. The minimum Gasteiger partial charge on any atom is -0.507 e. The van der Waals surface area contributed by atoms with Gasteiger partial charge in [0.05, 0.1) is 5.02 Å². The van der Waals surface area contributed by atoms with Gasteiger partial charge in [-0.05, 0) is 17.5 Å². The van der Waals surface area contributed by atoms with Crippen LogP contribution in [-0.4, -0.2) is 19.0 Å². The molecule has 2 aromatic rings. The van der Waals surface area contributed by atoms with E-state index in [1.807, 2.05) is 0 Å². The molecular weight excluding hydrogens is 247 g/mol. The van der Waals surface area contributed by atoms with Crippen LogP contribution in [0.5, 0.6) is 11.5 Å². The molecule has 0 spiro atoms. The van der Waals surface area contributed by atoms with Crippen LogP contribution >= 0.6 is 11.6 Å². The van der Waals surface area contributed by atoms with Gasteiger partial charge in [-0.2, -0.15) is 0 Å². The van der Waals surface area contributed by atoms with Gasteiger partial charge in [-0.3, -0.25) is 0 Å². The maximum absolute atomic E-state index is 13.2. The number of aromatic hydroxyl groups is 1. The van der Waals surface area contributed by atoms with Crippen LogP contribution in [0.25, 0.3) is 10.8 Å². The molecule has 0 aliphatic rings. The summed E-state index contributed by atoms with van der Waals surface area (Å²) in [6.07, 6.45) is 0. The molecule has 0 radical (unpaired) electrons. The number of benzene rings is 2. The predicted molar refractivity (Wildman–Crippen MR) is 63.1 cm³/mol. The van der Waals surface area contributed by atoms with Crippen molar-refractivity contribution in [3.05, 3.63) is 35.1 Å². The number of hydrogen-bond donors (Lipinski definition) is 1. The molecule has 0 saturated heterocycles. The van der Waals surface area contributed by atoms with Crippen molar-refractivity contribution in [2.75, 3.05) is 13.9 Å². The van der Waals surface area contributed by atoms with Crippen LogP contribution in [-0.2, 0) is 4.74 Å². The third-order valence-electron chi connectivity index (χ3n) is 2.30. The van der Waals surface area contributed by atoms with Crippen molar-refractivity contribution in [3.63, 3.8) is 0 Å². The summed E-state index contributed by atoms with van der Waals surface area (Å²) in [6, 6.07) is 5.78. The molecule has 3 nitrogen and oxygen atoms in total. The van der Waals surface area contributed by atoms with Gasteiger partial charge in [-0.15, -0.1) is 0 Å². The Morgan fingerprint density at radius 1 is 1.35 bits per heavy atom. The highest BCUT2D eigenvalue weighted by molar-refractivity contribution is 6.36. The fourth-order valence-corrected chi connectivity index (χ4v) is 1.83. The molecule has 0 aliphatic carbocycles. The molecule has 0 heterocycles. The number of rotatable bonds is 3.